The van der Waals surface area contributed by atoms with Gasteiger partial charge in [0.05, 0.1) is 0 Å². The fourth-order valence-electron chi connectivity index (χ4n) is 12.3. The molecule has 11 aromatic rings. The van der Waals surface area contributed by atoms with Crippen molar-refractivity contribution in [3.8, 4) is 55.6 Å². The minimum absolute atomic E-state index is 0.112. The molecule has 0 radical (unpaired) electrons. The van der Waals surface area contributed by atoms with Crippen molar-refractivity contribution in [3.63, 3.8) is 0 Å². The number of furan rings is 1. The second-order valence-corrected chi connectivity index (χ2v) is 20.0. The van der Waals surface area contributed by atoms with E-state index in [4.69, 9.17) is 4.42 Å². The number of rotatable bonds is 5. The molecule has 1 heterocycles. The van der Waals surface area contributed by atoms with Gasteiger partial charge in [0, 0.05) is 44.2 Å². The molecule has 2 nitrogen and oxygen atoms in total. The third kappa shape index (κ3) is 5.44. The molecule has 0 bridgehead atoms. The molecule has 0 saturated carbocycles. The highest BCUT2D eigenvalue weighted by Gasteiger charge is 2.37. The third-order valence-electron chi connectivity index (χ3n) is 15.7. The molecule has 0 spiro atoms. The maximum atomic E-state index is 7.06. The van der Waals surface area contributed by atoms with Gasteiger partial charge in [0.25, 0.3) is 0 Å². The smallest absolute Gasteiger partial charge is 0.143 e. The van der Waals surface area contributed by atoms with Crippen molar-refractivity contribution in [2.24, 2.45) is 0 Å². The molecule has 0 amide bonds. The summed E-state index contributed by atoms with van der Waals surface area (Å²) in [5, 5.41) is 4.61. The van der Waals surface area contributed by atoms with Crippen LogP contribution in [0.15, 0.2) is 205 Å². The molecule has 0 unspecified atom stereocenters. The van der Waals surface area contributed by atoms with Gasteiger partial charge in [0.2, 0.25) is 0 Å². The van der Waals surface area contributed by atoms with Crippen molar-refractivity contribution in [2.45, 2.75) is 44.9 Å². The number of benzene rings is 10. The lowest BCUT2D eigenvalue weighted by Gasteiger charge is -2.28. The average molecular weight is 858 g/mol. The van der Waals surface area contributed by atoms with Crippen molar-refractivity contribution in [2.75, 3.05) is 4.90 Å². The van der Waals surface area contributed by atoms with E-state index in [9.17, 15) is 0 Å². The van der Waals surface area contributed by atoms with Crippen LogP contribution in [-0.2, 0) is 17.3 Å². The lowest BCUT2D eigenvalue weighted by molar-refractivity contribution is 0.660. The van der Waals surface area contributed by atoms with Crippen molar-refractivity contribution in [1.29, 1.82) is 0 Å². The van der Waals surface area contributed by atoms with Crippen LogP contribution in [0, 0.1) is 0 Å². The molecule has 318 valence electrons. The summed E-state index contributed by atoms with van der Waals surface area (Å²) in [6, 6.07) is 74.7. The molecule has 0 N–H and O–H groups in total. The SMILES string of the molecule is CC1(C)c2ccccc2-c2ccc(-c3c4ccccc4cc4c3oc3ccc(N(c5ccc(-c6cccc7c6Cc6ccccc6-7)cc5)c5ccc6c(c5)C(C)(C)c5ccccc5-6)cc34)cc21. The Hall–Kier alpha value is -7.94. The van der Waals surface area contributed by atoms with E-state index in [1.54, 1.807) is 0 Å². The normalized spacial score (nSPS) is 14.4. The largest absolute Gasteiger partial charge is 0.455 e. The fourth-order valence-corrected chi connectivity index (χ4v) is 12.3. The van der Waals surface area contributed by atoms with Crippen molar-refractivity contribution in [3.05, 3.63) is 234 Å². The van der Waals surface area contributed by atoms with Crippen LogP contribution in [0.3, 0.4) is 0 Å². The van der Waals surface area contributed by atoms with Gasteiger partial charge in [0.1, 0.15) is 11.2 Å². The van der Waals surface area contributed by atoms with Gasteiger partial charge in [-0.3, -0.25) is 0 Å². The maximum absolute atomic E-state index is 7.06. The standard InChI is InChI=1S/C65H47NO/c1-64(2)57-22-11-9-18-50(57)52-31-26-42(36-59(52)64)62-48-17-8-6-15-41(48)35-56-55-37-44(30-33-61(55)67-63(56)62)66(45-29-32-53-51-19-10-12-23-58(51)65(3,4)60(53)38-45)43-27-24-39(25-28-43)46-20-13-21-49-47-16-7-5-14-40(47)34-54(46)49/h5-33,35-38H,34H2,1-4H3. The van der Waals surface area contributed by atoms with Gasteiger partial charge in [0.15, 0.2) is 0 Å². The minimum Gasteiger partial charge on any atom is -0.455 e. The van der Waals surface area contributed by atoms with Crippen LogP contribution < -0.4 is 4.90 Å². The average Bonchev–Trinajstić information content (AvgIpc) is 4.06. The Labute approximate surface area is 391 Å². The van der Waals surface area contributed by atoms with Crippen LogP contribution in [0.4, 0.5) is 17.1 Å². The molecular weight excluding hydrogens is 811 g/mol. The first kappa shape index (κ1) is 38.3. The highest BCUT2D eigenvalue weighted by atomic mass is 16.3. The lowest BCUT2D eigenvalue weighted by Crippen LogP contribution is -2.16. The molecular formula is C65H47NO. The molecule has 1 aromatic heterocycles. The molecule has 3 aliphatic rings. The van der Waals surface area contributed by atoms with Crippen molar-refractivity contribution < 1.29 is 4.42 Å². The molecule has 3 aliphatic carbocycles. The Kier molecular flexibility index (Phi) is 7.89. The van der Waals surface area contributed by atoms with Crippen LogP contribution >= 0.6 is 0 Å². The Morgan fingerprint density at radius 1 is 0.388 bits per heavy atom. The zero-order valence-electron chi connectivity index (χ0n) is 38.1. The van der Waals surface area contributed by atoms with E-state index in [1.807, 2.05) is 0 Å². The summed E-state index contributed by atoms with van der Waals surface area (Å²) in [6.45, 7) is 9.44. The van der Waals surface area contributed by atoms with Crippen LogP contribution in [-0.4, -0.2) is 0 Å². The quantitative estimate of drug-likeness (QED) is 0.171. The summed E-state index contributed by atoms with van der Waals surface area (Å²) in [5.74, 6) is 0. The maximum Gasteiger partial charge on any atom is 0.143 e. The zero-order chi connectivity index (χ0) is 44.8. The Morgan fingerprint density at radius 3 is 1.73 bits per heavy atom. The predicted octanol–water partition coefficient (Wildman–Crippen LogP) is 17.7. The molecule has 0 saturated heterocycles. The van der Waals surface area contributed by atoms with Gasteiger partial charge < -0.3 is 9.32 Å². The van der Waals surface area contributed by atoms with E-state index < -0.39 is 0 Å². The summed E-state index contributed by atoms with van der Waals surface area (Å²) in [6.07, 6.45) is 0.956. The van der Waals surface area contributed by atoms with Crippen molar-refractivity contribution in [1.82, 2.24) is 0 Å². The Balaban J connectivity index is 0.941. The first-order valence-electron chi connectivity index (χ1n) is 23.7. The fraction of sp³-hybridized carbons (Fsp3) is 0.108. The van der Waals surface area contributed by atoms with Gasteiger partial charge >= 0.3 is 0 Å². The molecule has 14 rings (SSSR count). The predicted molar refractivity (Wildman–Crippen MR) is 280 cm³/mol. The number of hydrogen-bond acceptors (Lipinski definition) is 2. The second kappa shape index (κ2) is 13.8. The molecule has 2 heteroatoms. The van der Waals surface area contributed by atoms with E-state index >= 15 is 0 Å². The van der Waals surface area contributed by atoms with Crippen LogP contribution in [0.25, 0.3) is 88.3 Å². The van der Waals surface area contributed by atoms with Crippen molar-refractivity contribution >= 4 is 49.8 Å². The van der Waals surface area contributed by atoms with Gasteiger partial charge in [-0.2, -0.15) is 0 Å². The van der Waals surface area contributed by atoms with Gasteiger partial charge in [-0.25, -0.2) is 0 Å². The summed E-state index contributed by atoms with van der Waals surface area (Å²) in [4.78, 5) is 2.44. The number of fused-ring (bicyclic) bond motifs is 13. The number of nitrogens with zero attached hydrogens (tertiary/aromatic N) is 1. The topological polar surface area (TPSA) is 16.4 Å². The summed E-state index contributed by atoms with van der Waals surface area (Å²) in [5.41, 5.74) is 26.0. The van der Waals surface area contributed by atoms with E-state index in [2.05, 4.69) is 233 Å². The van der Waals surface area contributed by atoms with Crippen LogP contribution in [0.5, 0.6) is 0 Å². The minimum atomic E-state index is -0.138. The third-order valence-corrected chi connectivity index (χ3v) is 15.7. The first-order valence-corrected chi connectivity index (χ1v) is 23.7. The summed E-state index contributed by atoms with van der Waals surface area (Å²) >= 11 is 0. The second-order valence-electron chi connectivity index (χ2n) is 20.0. The van der Waals surface area contributed by atoms with Crippen LogP contribution in [0.1, 0.15) is 61.1 Å². The van der Waals surface area contributed by atoms with E-state index in [0.29, 0.717) is 0 Å². The Bertz CT molecular complexity index is 3900. The molecule has 67 heavy (non-hydrogen) atoms. The summed E-state index contributed by atoms with van der Waals surface area (Å²) in [7, 11) is 0. The summed E-state index contributed by atoms with van der Waals surface area (Å²) < 4.78 is 7.06. The van der Waals surface area contributed by atoms with Crippen LogP contribution in [0.2, 0.25) is 0 Å². The monoisotopic (exact) mass is 857 g/mol. The van der Waals surface area contributed by atoms with E-state index in [1.165, 1.54) is 94.2 Å². The van der Waals surface area contributed by atoms with Gasteiger partial charge in [-0.1, -0.05) is 173 Å². The highest BCUT2D eigenvalue weighted by molar-refractivity contribution is 6.19. The highest BCUT2D eigenvalue weighted by Crippen LogP contribution is 2.53. The number of anilines is 3. The molecule has 10 aromatic carbocycles. The Morgan fingerprint density at radius 2 is 0.955 bits per heavy atom. The first-order chi connectivity index (χ1) is 32.7. The molecule has 0 fully saturated rings. The molecule has 0 atom stereocenters. The lowest BCUT2D eigenvalue weighted by atomic mass is 9.81. The van der Waals surface area contributed by atoms with E-state index in [0.717, 1.165) is 51.0 Å². The van der Waals surface area contributed by atoms with E-state index in [-0.39, 0.29) is 10.8 Å². The number of hydrogen-bond donors (Lipinski definition) is 0. The molecule has 0 aliphatic heterocycles. The van der Waals surface area contributed by atoms with Gasteiger partial charge in [-0.15, -0.1) is 0 Å². The van der Waals surface area contributed by atoms with Gasteiger partial charge in [-0.05, 0) is 155 Å². The zero-order valence-corrected chi connectivity index (χ0v) is 38.1.